The quantitative estimate of drug-likeness (QED) is 0.614. The molecule has 9 heteroatoms. The first-order chi connectivity index (χ1) is 14.8. The molecule has 1 unspecified atom stereocenters. The molecule has 31 heavy (non-hydrogen) atoms. The van der Waals surface area contributed by atoms with Gasteiger partial charge in [0, 0.05) is 18.5 Å². The Labute approximate surface area is 187 Å². The maximum Gasteiger partial charge on any atom is 0.233 e. The topological polar surface area (TPSA) is 101 Å². The van der Waals surface area contributed by atoms with Crippen LogP contribution in [0, 0.1) is 17.8 Å². The van der Waals surface area contributed by atoms with E-state index in [1.807, 2.05) is 0 Å². The van der Waals surface area contributed by atoms with Gasteiger partial charge in [0.15, 0.2) is 15.7 Å². The molecule has 1 saturated carbocycles. The Bertz CT molecular complexity index is 1100. The zero-order valence-electron chi connectivity index (χ0n) is 17.3. The zero-order chi connectivity index (χ0) is 22.4. The van der Waals surface area contributed by atoms with Crippen LogP contribution in [0.2, 0.25) is 5.02 Å². The molecule has 1 aromatic heterocycles. The zero-order valence-corrected chi connectivity index (χ0v) is 18.9. The molecule has 1 aliphatic carbocycles. The average molecular weight is 464 g/mol. The highest BCUT2D eigenvalue weighted by molar-refractivity contribution is 7.90. The van der Waals surface area contributed by atoms with Crippen LogP contribution in [0.5, 0.6) is 0 Å². The van der Waals surface area contributed by atoms with Gasteiger partial charge in [-0.1, -0.05) is 55.2 Å². The van der Waals surface area contributed by atoms with E-state index in [2.05, 4.69) is 22.3 Å². The van der Waals surface area contributed by atoms with Crippen molar-refractivity contribution in [1.82, 2.24) is 9.78 Å². The highest BCUT2D eigenvalue weighted by Crippen LogP contribution is 2.36. The minimum Gasteiger partial charge on any atom is -0.384 e. The van der Waals surface area contributed by atoms with Crippen LogP contribution in [-0.2, 0) is 21.2 Å². The smallest absolute Gasteiger partial charge is 0.233 e. The van der Waals surface area contributed by atoms with E-state index < -0.39 is 15.8 Å². The Balaban J connectivity index is 1.81. The van der Waals surface area contributed by atoms with E-state index in [1.165, 1.54) is 6.07 Å². The van der Waals surface area contributed by atoms with Crippen LogP contribution in [-0.4, -0.2) is 42.1 Å². The van der Waals surface area contributed by atoms with Crippen molar-refractivity contribution in [3.8, 4) is 11.8 Å². The first-order valence-electron chi connectivity index (χ1n) is 10.2. The van der Waals surface area contributed by atoms with E-state index in [4.69, 9.17) is 16.7 Å². The number of benzene rings is 1. The van der Waals surface area contributed by atoms with Crippen LogP contribution in [0.15, 0.2) is 35.4 Å². The largest absolute Gasteiger partial charge is 0.384 e. The van der Waals surface area contributed by atoms with Crippen molar-refractivity contribution < 1.29 is 18.3 Å². The molecule has 1 amide bonds. The number of hydrogen-bond acceptors (Lipinski definition) is 5. The summed E-state index contributed by atoms with van der Waals surface area (Å²) in [5.74, 6) is 5.49. The van der Waals surface area contributed by atoms with Gasteiger partial charge in [-0.2, -0.15) is 5.10 Å². The van der Waals surface area contributed by atoms with Gasteiger partial charge in [-0.25, -0.2) is 8.42 Å². The third-order valence-electron chi connectivity index (χ3n) is 5.46. The number of nitrogens with one attached hydrogen (secondary N) is 1. The van der Waals surface area contributed by atoms with Gasteiger partial charge >= 0.3 is 0 Å². The number of hydrogen-bond donors (Lipinski definition) is 2. The van der Waals surface area contributed by atoms with Crippen LogP contribution in [0.3, 0.4) is 0 Å². The predicted octanol–water partition coefficient (Wildman–Crippen LogP) is 3.24. The van der Waals surface area contributed by atoms with E-state index in [-0.39, 0.29) is 22.4 Å². The molecule has 2 aromatic rings. The number of aromatic nitrogens is 2. The maximum atomic E-state index is 13.2. The first-order valence-corrected chi connectivity index (χ1v) is 12.4. The van der Waals surface area contributed by atoms with Crippen LogP contribution in [0.25, 0.3) is 0 Å². The lowest BCUT2D eigenvalue weighted by Gasteiger charge is -2.21. The second-order valence-corrected chi connectivity index (χ2v) is 10.2. The fourth-order valence-electron chi connectivity index (χ4n) is 3.93. The Morgan fingerprint density at radius 2 is 2.06 bits per heavy atom. The van der Waals surface area contributed by atoms with Gasteiger partial charge in [0.05, 0.1) is 15.8 Å². The van der Waals surface area contributed by atoms with Gasteiger partial charge in [-0.15, -0.1) is 0 Å². The summed E-state index contributed by atoms with van der Waals surface area (Å²) >= 11 is 6.25. The number of carbonyl (C=O) groups is 1. The minimum atomic E-state index is -3.45. The third kappa shape index (κ3) is 6.33. The summed E-state index contributed by atoms with van der Waals surface area (Å²) < 4.78 is 25.3. The molecule has 1 heterocycles. The van der Waals surface area contributed by atoms with Crippen molar-refractivity contribution >= 4 is 33.2 Å². The molecule has 0 bridgehead atoms. The molecule has 0 spiro atoms. The lowest BCUT2D eigenvalue weighted by Crippen LogP contribution is -2.23. The number of carbonyl (C=O) groups excluding carboxylic acids is 1. The number of aliphatic hydroxyl groups is 1. The molecule has 0 aliphatic heterocycles. The summed E-state index contributed by atoms with van der Waals surface area (Å²) in [7, 11) is -3.45. The van der Waals surface area contributed by atoms with Crippen molar-refractivity contribution in [2.24, 2.45) is 5.92 Å². The Hall–Kier alpha value is -2.34. The first kappa shape index (κ1) is 23.3. The Kier molecular flexibility index (Phi) is 7.76. The molecule has 1 aliphatic rings. The van der Waals surface area contributed by atoms with E-state index in [1.54, 1.807) is 29.1 Å². The summed E-state index contributed by atoms with van der Waals surface area (Å²) in [6, 6.07) is 6.41. The SMILES string of the molecule is CS(=O)(=O)c1ccc(C(CC2CCCC2)C(=O)Nc2ccn(CC#CCO)n2)cc1Cl. The summed E-state index contributed by atoms with van der Waals surface area (Å²) in [5, 5.41) is 16.0. The molecule has 166 valence electrons. The van der Waals surface area contributed by atoms with Gasteiger partial charge in [-0.3, -0.25) is 9.48 Å². The summed E-state index contributed by atoms with van der Waals surface area (Å²) in [4.78, 5) is 13.2. The molecule has 0 saturated heterocycles. The predicted molar refractivity (Wildman–Crippen MR) is 120 cm³/mol. The maximum absolute atomic E-state index is 13.2. The van der Waals surface area contributed by atoms with Gasteiger partial charge in [0.25, 0.3) is 0 Å². The van der Waals surface area contributed by atoms with Crippen LogP contribution >= 0.6 is 11.6 Å². The summed E-state index contributed by atoms with van der Waals surface area (Å²) in [5.41, 5.74) is 0.690. The summed E-state index contributed by atoms with van der Waals surface area (Å²) in [6.45, 7) is 0.0961. The number of anilines is 1. The Morgan fingerprint density at radius 1 is 1.32 bits per heavy atom. The second-order valence-electron chi connectivity index (χ2n) is 7.80. The highest BCUT2D eigenvalue weighted by atomic mass is 35.5. The third-order valence-corrected chi connectivity index (χ3v) is 7.03. The van der Waals surface area contributed by atoms with Crippen LogP contribution < -0.4 is 5.32 Å². The van der Waals surface area contributed by atoms with Crippen molar-refractivity contribution in [3.63, 3.8) is 0 Å². The Morgan fingerprint density at radius 3 is 2.71 bits per heavy atom. The molecule has 1 aromatic carbocycles. The van der Waals surface area contributed by atoms with Gasteiger partial charge in [0.2, 0.25) is 5.91 Å². The van der Waals surface area contributed by atoms with Crippen molar-refractivity contribution in [2.45, 2.75) is 49.5 Å². The number of amides is 1. The molecule has 0 radical (unpaired) electrons. The van der Waals surface area contributed by atoms with Gasteiger partial charge in [0.1, 0.15) is 13.2 Å². The van der Waals surface area contributed by atoms with Gasteiger partial charge < -0.3 is 10.4 Å². The number of nitrogens with zero attached hydrogens (tertiary/aromatic N) is 2. The molecule has 1 atom stereocenters. The standard InChI is InChI=1S/C22H26ClN3O4S/c1-31(29,30)20-9-8-17(15-19(20)23)18(14-16-6-2-3-7-16)22(28)24-21-10-12-26(25-21)11-4-5-13-27/h8-10,12,15-16,18,27H,2-3,6-7,11,13-14H2,1H3,(H,24,25,28). The number of rotatable bonds is 7. The fraction of sp³-hybridized carbons (Fsp3) is 0.455. The highest BCUT2D eigenvalue weighted by Gasteiger charge is 2.28. The van der Waals surface area contributed by atoms with E-state index >= 15 is 0 Å². The van der Waals surface area contributed by atoms with Crippen molar-refractivity contribution in [1.29, 1.82) is 0 Å². The number of halogens is 1. The second kappa shape index (κ2) is 10.3. The van der Waals surface area contributed by atoms with Crippen LogP contribution in [0.4, 0.5) is 5.82 Å². The van der Waals surface area contributed by atoms with Crippen molar-refractivity contribution in [3.05, 3.63) is 41.0 Å². The average Bonchev–Trinajstić information content (AvgIpc) is 3.37. The van der Waals surface area contributed by atoms with E-state index in [0.717, 1.165) is 31.9 Å². The molecule has 3 rings (SSSR count). The minimum absolute atomic E-state index is 0.0562. The normalized spacial score (nSPS) is 15.3. The van der Waals surface area contributed by atoms with Gasteiger partial charge in [-0.05, 0) is 30.0 Å². The van der Waals surface area contributed by atoms with Crippen LogP contribution in [0.1, 0.15) is 43.6 Å². The molecule has 2 N–H and O–H groups in total. The fourth-order valence-corrected chi connectivity index (χ4v) is 5.27. The lowest BCUT2D eigenvalue weighted by molar-refractivity contribution is -0.118. The van der Waals surface area contributed by atoms with E-state index in [9.17, 15) is 13.2 Å². The number of sulfone groups is 1. The molecule has 1 fully saturated rings. The number of aliphatic hydroxyl groups excluding tert-OH is 1. The summed E-state index contributed by atoms with van der Waals surface area (Å²) in [6.07, 6.45) is 7.96. The lowest BCUT2D eigenvalue weighted by atomic mass is 9.87. The van der Waals surface area contributed by atoms with E-state index in [0.29, 0.717) is 30.3 Å². The monoisotopic (exact) mass is 463 g/mol. The molecule has 7 nitrogen and oxygen atoms in total. The van der Waals surface area contributed by atoms with Crippen molar-refractivity contribution in [2.75, 3.05) is 18.2 Å². The molecular formula is C22H26ClN3O4S. The molecular weight excluding hydrogens is 438 g/mol.